The van der Waals surface area contributed by atoms with Crippen LogP contribution in [0.3, 0.4) is 0 Å². The molecule has 0 fully saturated rings. The number of rotatable bonds is 4. The zero-order valence-corrected chi connectivity index (χ0v) is 10.7. The molecule has 2 aromatic carbocycles. The molecule has 5 heteroatoms. The maximum Gasteiger partial charge on any atom is 0.211 e. The number of carbonyl (C=O) groups excluding carboxylic acids is 1. The second-order valence-corrected chi connectivity index (χ2v) is 4.28. The van der Waals surface area contributed by atoms with Crippen molar-refractivity contribution in [3.8, 4) is 11.5 Å². The quantitative estimate of drug-likeness (QED) is 0.846. The number of anilines is 1. The minimum Gasteiger partial charge on any atom is -0.454 e. The van der Waals surface area contributed by atoms with Crippen molar-refractivity contribution in [2.75, 3.05) is 5.32 Å². The lowest BCUT2D eigenvalue weighted by Gasteiger charge is -2.11. The molecular formula is C13H9Cl2NO2. The predicted molar refractivity (Wildman–Crippen MR) is 72.7 cm³/mol. The van der Waals surface area contributed by atoms with Gasteiger partial charge in [-0.25, -0.2) is 0 Å². The lowest BCUT2D eigenvalue weighted by atomic mass is 10.3. The number of hydrogen-bond acceptors (Lipinski definition) is 2. The molecule has 0 spiro atoms. The summed E-state index contributed by atoms with van der Waals surface area (Å²) in [7, 11) is 0. The van der Waals surface area contributed by atoms with Gasteiger partial charge in [-0.3, -0.25) is 4.79 Å². The van der Waals surface area contributed by atoms with Crippen LogP contribution in [0, 0.1) is 0 Å². The van der Waals surface area contributed by atoms with E-state index in [1.807, 2.05) is 0 Å². The fraction of sp³-hybridized carbons (Fsp3) is 0. The summed E-state index contributed by atoms with van der Waals surface area (Å²) < 4.78 is 5.64. The van der Waals surface area contributed by atoms with E-state index < -0.39 is 0 Å². The summed E-state index contributed by atoms with van der Waals surface area (Å²) in [5.41, 5.74) is 0.568. The van der Waals surface area contributed by atoms with Gasteiger partial charge in [0.05, 0.1) is 10.7 Å². The first kappa shape index (κ1) is 12.7. The van der Waals surface area contributed by atoms with Gasteiger partial charge in [0.15, 0.2) is 5.75 Å². The zero-order valence-electron chi connectivity index (χ0n) is 9.19. The number of nitrogens with one attached hydrogen (secondary N) is 1. The van der Waals surface area contributed by atoms with E-state index in [0.29, 0.717) is 33.6 Å². The number of ether oxygens (including phenoxy) is 1. The van der Waals surface area contributed by atoms with Crippen molar-refractivity contribution in [1.29, 1.82) is 0 Å². The van der Waals surface area contributed by atoms with Crippen LogP contribution >= 0.6 is 23.2 Å². The first-order valence-electron chi connectivity index (χ1n) is 5.13. The molecule has 1 N–H and O–H groups in total. The number of benzene rings is 2. The Labute approximate surface area is 114 Å². The van der Waals surface area contributed by atoms with E-state index in [9.17, 15) is 4.79 Å². The maximum atomic E-state index is 10.5. The van der Waals surface area contributed by atoms with Gasteiger partial charge in [-0.2, -0.15) is 0 Å². The molecule has 0 saturated heterocycles. The molecule has 0 aliphatic carbocycles. The molecule has 1 amide bonds. The molecule has 2 rings (SSSR count). The van der Waals surface area contributed by atoms with E-state index >= 15 is 0 Å². The number of amides is 1. The molecule has 0 radical (unpaired) electrons. The van der Waals surface area contributed by atoms with Gasteiger partial charge in [0.25, 0.3) is 0 Å². The van der Waals surface area contributed by atoms with E-state index in [1.165, 1.54) is 0 Å². The number of carbonyl (C=O) groups is 1. The Kier molecular flexibility index (Phi) is 4.07. The van der Waals surface area contributed by atoms with E-state index in [4.69, 9.17) is 27.9 Å². The average Bonchev–Trinajstić information content (AvgIpc) is 2.35. The van der Waals surface area contributed by atoms with Crippen molar-refractivity contribution in [2.24, 2.45) is 0 Å². The highest BCUT2D eigenvalue weighted by atomic mass is 35.5. The van der Waals surface area contributed by atoms with Crippen LogP contribution in [0.15, 0.2) is 42.5 Å². The summed E-state index contributed by atoms with van der Waals surface area (Å²) in [5.74, 6) is 0.982. The smallest absolute Gasteiger partial charge is 0.211 e. The molecule has 0 aliphatic heterocycles. The number of halogens is 2. The Morgan fingerprint density at radius 1 is 1.06 bits per heavy atom. The molecule has 2 aromatic rings. The van der Waals surface area contributed by atoms with E-state index in [0.717, 1.165) is 0 Å². The third-order valence-corrected chi connectivity index (χ3v) is 2.75. The topological polar surface area (TPSA) is 38.3 Å². The van der Waals surface area contributed by atoms with Gasteiger partial charge in [-0.05, 0) is 30.3 Å². The van der Waals surface area contributed by atoms with Crippen LogP contribution in [0.2, 0.25) is 10.0 Å². The summed E-state index contributed by atoms with van der Waals surface area (Å²) in [6.45, 7) is 0. The second kappa shape index (κ2) is 5.76. The van der Waals surface area contributed by atoms with Crippen LogP contribution in [-0.4, -0.2) is 6.41 Å². The van der Waals surface area contributed by atoms with Gasteiger partial charge in [-0.15, -0.1) is 0 Å². The van der Waals surface area contributed by atoms with Crippen LogP contribution in [0.5, 0.6) is 11.5 Å². The van der Waals surface area contributed by atoms with Crippen molar-refractivity contribution in [3.05, 3.63) is 52.5 Å². The molecule has 0 bridgehead atoms. The van der Waals surface area contributed by atoms with Gasteiger partial charge in [0.2, 0.25) is 6.41 Å². The summed E-state index contributed by atoms with van der Waals surface area (Å²) in [6.07, 6.45) is 0.589. The second-order valence-electron chi connectivity index (χ2n) is 3.44. The average molecular weight is 282 g/mol. The Morgan fingerprint density at radius 2 is 1.83 bits per heavy atom. The Hall–Kier alpha value is -1.71. The van der Waals surface area contributed by atoms with Gasteiger partial charge in [0, 0.05) is 5.02 Å². The number of para-hydroxylation sites is 2. The SMILES string of the molecule is O=CNc1ccccc1Oc1ccc(Cl)cc1Cl. The molecule has 0 atom stereocenters. The minimum absolute atomic E-state index is 0.406. The van der Waals surface area contributed by atoms with Crippen LogP contribution in [0.25, 0.3) is 0 Å². The molecule has 0 aromatic heterocycles. The van der Waals surface area contributed by atoms with Crippen LogP contribution < -0.4 is 10.1 Å². The third-order valence-electron chi connectivity index (χ3n) is 2.22. The van der Waals surface area contributed by atoms with E-state index in [1.54, 1.807) is 42.5 Å². The highest BCUT2D eigenvalue weighted by molar-refractivity contribution is 6.35. The summed E-state index contributed by atoms with van der Waals surface area (Å²) >= 11 is 11.8. The summed E-state index contributed by atoms with van der Waals surface area (Å²) in [6, 6.07) is 12.0. The minimum atomic E-state index is 0.406. The first-order chi connectivity index (χ1) is 8.70. The molecule has 0 aliphatic rings. The van der Waals surface area contributed by atoms with Crippen molar-refractivity contribution in [3.63, 3.8) is 0 Å². The van der Waals surface area contributed by atoms with Crippen molar-refractivity contribution in [2.45, 2.75) is 0 Å². The molecule has 18 heavy (non-hydrogen) atoms. The molecule has 0 unspecified atom stereocenters. The Morgan fingerprint density at radius 3 is 2.56 bits per heavy atom. The summed E-state index contributed by atoms with van der Waals surface area (Å²) in [5, 5.41) is 3.49. The van der Waals surface area contributed by atoms with Crippen LogP contribution in [0.4, 0.5) is 5.69 Å². The van der Waals surface area contributed by atoms with Crippen molar-refractivity contribution in [1.82, 2.24) is 0 Å². The summed E-state index contributed by atoms with van der Waals surface area (Å²) in [4.78, 5) is 10.5. The van der Waals surface area contributed by atoms with Gasteiger partial charge >= 0.3 is 0 Å². The van der Waals surface area contributed by atoms with E-state index in [-0.39, 0.29) is 0 Å². The normalized spacial score (nSPS) is 9.89. The lowest BCUT2D eigenvalue weighted by molar-refractivity contribution is -0.105. The lowest BCUT2D eigenvalue weighted by Crippen LogP contribution is -1.96. The zero-order chi connectivity index (χ0) is 13.0. The molecule has 0 saturated carbocycles. The van der Waals surface area contributed by atoms with Gasteiger partial charge < -0.3 is 10.1 Å². The molecule has 3 nitrogen and oxygen atoms in total. The number of hydrogen-bond donors (Lipinski definition) is 1. The fourth-order valence-electron chi connectivity index (χ4n) is 1.41. The highest BCUT2D eigenvalue weighted by Crippen LogP contribution is 2.34. The predicted octanol–water partition coefficient (Wildman–Crippen LogP) is 4.35. The molecular weight excluding hydrogens is 273 g/mol. The van der Waals surface area contributed by atoms with Crippen LogP contribution in [0.1, 0.15) is 0 Å². The van der Waals surface area contributed by atoms with E-state index in [2.05, 4.69) is 5.32 Å². The van der Waals surface area contributed by atoms with Crippen molar-refractivity contribution >= 4 is 35.3 Å². The van der Waals surface area contributed by atoms with Crippen molar-refractivity contribution < 1.29 is 9.53 Å². The largest absolute Gasteiger partial charge is 0.454 e. The Balaban J connectivity index is 2.30. The molecule has 0 heterocycles. The standard InChI is InChI=1S/C13H9Cl2NO2/c14-9-5-6-12(10(15)7-9)18-13-4-2-1-3-11(13)16-8-17/h1-8H,(H,16,17). The van der Waals surface area contributed by atoms with Gasteiger partial charge in [0.1, 0.15) is 5.75 Å². The van der Waals surface area contributed by atoms with Gasteiger partial charge in [-0.1, -0.05) is 35.3 Å². The first-order valence-corrected chi connectivity index (χ1v) is 5.88. The fourth-order valence-corrected chi connectivity index (χ4v) is 1.86. The monoisotopic (exact) mass is 281 g/mol. The molecule has 92 valence electrons. The Bertz CT molecular complexity index is 573. The van der Waals surface area contributed by atoms with Crippen LogP contribution in [-0.2, 0) is 4.79 Å². The highest BCUT2D eigenvalue weighted by Gasteiger charge is 2.07. The maximum absolute atomic E-state index is 10.5. The third kappa shape index (κ3) is 2.94.